The summed E-state index contributed by atoms with van der Waals surface area (Å²) in [6.45, 7) is 1.84. The molecule has 0 radical (unpaired) electrons. The SMILES string of the molecule is Cc1cccc(-n2c(N)nc3cc(F)c(Cl)cc32)c1C#N. The van der Waals surface area contributed by atoms with Gasteiger partial charge in [-0.25, -0.2) is 9.37 Å². The molecule has 0 atom stereocenters. The number of anilines is 1. The van der Waals surface area contributed by atoms with E-state index < -0.39 is 5.82 Å². The average Bonchev–Trinajstić information content (AvgIpc) is 2.74. The number of fused-ring (bicyclic) bond motifs is 1. The summed E-state index contributed by atoms with van der Waals surface area (Å²) in [5.74, 6) is -0.382. The van der Waals surface area contributed by atoms with Gasteiger partial charge in [0.25, 0.3) is 0 Å². The van der Waals surface area contributed by atoms with Gasteiger partial charge in [-0.2, -0.15) is 5.26 Å². The molecule has 0 amide bonds. The van der Waals surface area contributed by atoms with Crippen LogP contribution in [0.25, 0.3) is 16.7 Å². The van der Waals surface area contributed by atoms with Crippen molar-refractivity contribution in [1.82, 2.24) is 9.55 Å². The number of benzene rings is 2. The van der Waals surface area contributed by atoms with Crippen molar-refractivity contribution in [2.75, 3.05) is 5.73 Å². The Morgan fingerprint density at radius 2 is 2.14 bits per heavy atom. The number of nitrogen functional groups attached to an aromatic ring is 1. The molecule has 3 aromatic rings. The predicted molar refractivity (Wildman–Crippen MR) is 79.9 cm³/mol. The van der Waals surface area contributed by atoms with Crippen LogP contribution in [0.3, 0.4) is 0 Å². The summed E-state index contributed by atoms with van der Waals surface area (Å²) < 4.78 is 15.1. The average molecular weight is 301 g/mol. The second-order valence-corrected chi connectivity index (χ2v) is 5.05. The lowest BCUT2D eigenvalue weighted by Crippen LogP contribution is -2.03. The third-order valence-corrected chi connectivity index (χ3v) is 3.62. The molecule has 3 rings (SSSR count). The summed E-state index contributed by atoms with van der Waals surface area (Å²) in [7, 11) is 0. The van der Waals surface area contributed by atoms with Gasteiger partial charge in [0.1, 0.15) is 11.9 Å². The molecular formula is C15H10ClFN4. The molecule has 0 saturated heterocycles. The van der Waals surface area contributed by atoms with Gasteiger partial charge >= 0.3 is 0 Å². The summed E-state index contributed by atoms with van der Waals surface area (Å²) in [6, 6.07) is 10.3. The standard InChI is InChI=1S/C15H10ClFN4/c1-8-3-2-4-13(9(8)7-18)21-14-5-10(16)11(17)6-12(14)20-15(21)19/h2-6H,1H3,(H2,19,20). The minimum absolute atomic E-state index is 0.0187. The highest BCUT2D eigenvalue weighted by Gasteiger charge is 2.16. The predicted octanol–water partition coefficient (Wildman–Crippen LogP) is 3.58. The minimum Gasteiger partial charge on any atom is -0.369 e. The molecule has 4 nitrogen and oxygen atoms in total. The van der Waals surface area contributed by atoms with E-state index in [-0.39, 0.29) is 11.0 Å². The first-order valence-electron chi connectivity index (χ1n) is 6.16. The van der Waals surface area contributed by atoms with Crippen LogP contribution in [0.1, 0.15) is 11.1 Å². The van der Waals surface area contributed by atoms with Gasteiger partial charge in [-0.15, -0.1) is 0 Å². The van der Waals surface area contributed by atoms with Crippen LogP contribution in [0.5, 0.6) is 0 Å². The summed E-state index contributed by atoms with van der Waals surface area (Å²) in [5, 5.41) is 9.33. The maximum atomic E-state index is 13.5. The van der Waals surface area contributed by atoms with E-state index in [4.69, 9.17) is 17.3 Å². The fraction of sp³-hybridized carbons (Fsp3) is 0.0667. The van der Waals surface area contributed by atoms with Crippen LogP contribution in [-0.4, -0.2) is 9.55 Å². The van der Waals surface area contributed by atoms with Crippen molar-refractivity contribution in [2.24, 2.45) is 0 Å². The van der Waals surface area contributed by atoms with Crippen molar-refractivity contribution in [3.8, 4) is 11.8 Å². The van der Waals surface area contributed by atoms with Crippen LogP contribution in [0, 0.1) is 24.1 Å². The first kappa shape index (κ1) is 13.4. The van der Waals surface area contributed by atoms with E-state index in [2.05, 4.69) is 11.1 Å². The van der Waals surface area contributed by atoms with Gasteiger partial charge in [-0.05, 0) is 24.6 Å². The van der Waals surface area contributed by atoms with Crippen molar-refractivity contribution in [2.45, 2.75) is 6.92 Å². The van der Waals surface area contributed by atoms with Crippen LogP contribution in [0.2, 0.25) is 5.02 Å². The van der Waals surface area contributed by atoms with Crippen LogP contribution < -0.4 is 5.73 Å². The van der Waals surface area contributed by atoms with Crippen molar-refractivity contribution >= 4 is 28.6 Å². The van der Waals surface area contributed by atoms with E-state index in [1.54, 1.807) is 10.6 Å². The number of imidazole rings is 1. The Balaban J connectivity index is 2.41. The fourth-order valence-electron chi connectivity index (χ4n) is 2.33. The zero-order valence-electron chi connectivity index (χ0n) is 11.1. The lowest BCUT2D eigenvalue weighted by atomic mass is 10.1. The molecule has 104 valence electrons. The molecule has 0 aliphatic rings. The van der Waals surface area contributed by atoms with Gasteiger partial charge in [-0.1, -0.05) is 23.7 Å². The van der Waals surface area contributed by atoms with E-state index >= 15 is 0 Å². The van der Waals surface area contributed by atoms with Crippen molar-refractivity contribution in [3.63, 3.8) is 0 Å². The van der Waals surface area contributed by atoms with E-state index in [9.17, 15) is 9.65 Å². The zero-order chi connectivity index (χ0) is 15.1. The van der Waals surface area contributed by atoms with E-state index in [0.29, 0.717) is 22.3 Å². The highest BCUT2D eigenvalue weighted by molar-refractivity contribution is 6.31. The molecule has 2 N–H and O–H groups in total. The Bertz CT molecular complexity index is 908. The molecular weight excluding hydrogens is 291 g/mol. The van der Waals surface area contributed by atoms with Gasteiger partial charge in [0.05, 0.1) is 27.3 Å². The molecule has 1 aromatic heterocycles. The lowest BCUT2D eigenvalue weighted by molar-refractivity contribution is 0.630. The molecule has 0 spiro atoms. The summed E-state index contributed by atoms with van der Waals surface area (Å²) in [6.07, 6.45) is 0. The summed E-state index contributed by atoms with van der Waals surface area (Å²) in [5.41, 5.74) is 8.79. The van der Waals surface area contributed by atoms with Crippen LogP contribution in [-0.2, 0) is 0 Å². The Morgan fingerprint density at radius 3 is 2.86 bits per heavy atom. The number of nitrogens with two attached hydrogens (primary N) is 1. The number of aromatic nitrogens is 2. The number of nitrogens with zero attached hydrogens (tertiary/aromatic N) is 3. The number of rotatable bonds is 1. The quantitative estimate of drug-likeness (QED) is 0.747. The maximum Gasteiger partial charge on any atom is 0.205 e. The molecule has 0 saturated carbocycles. The van der Waals surface area contributed by atoms with Crippen LogP contribution in [0.4, 0.5) is 10.3 Å². The van der Waals surface area contributed by atoms with Gasteiger partial charge < -0.3 is 5.73 Å². The molecule has 6 heteroatoms. The molecule has 1 heterocycles. The lowest BCUT2D eigenvalue weighted by Gasteiger charge is -2.10. The number of hydrogen-bond acceptors (Lipinski definition) is 3. The fourth-order valence-corrected chi connectivity index (χ4v) is 2.49. The van der Waals surface area contributed by atoms with Gasteiger partial charge in [-0.3, -0.25) is 4.57 Å². The van der Waals surface area contributed by atoms with Crippen molar-refractivity contribution in [3.05, 3.63) is 52.3 Å². The smallest absolute Gasteiger partial charge is 0.205 e. The molecule has 0 bridgehead atoms. The third-order valence-electron chi connectivity index (χ3n) is 3.33. The number of hydrogen-bond donors (Lipinski definition) is 1. The molecule has 21 heavy (non-hydrogen) atoms. The first-order valence-corrected chi connectivity index (χ1v) is 6.53. The van der Waals surface area contributed by atoms with Crippen molar-refractivity contribution < 1.29 is 4.39 Å². The van der Waals surface area contributed by atoms with Crippen LogP contribution >= 0.6 is 11.6 Å². The van der Waals surface area contributed by atoms with Gasteiger partial charge in [0.15, 0.2) is 0 Å². The van der Waals surface area contributed by atoms with Gasteiger partial charge in [0, 0.05) is 6.07 Å². The molecule has 0 fully saturated rings. The Labute approximate surface area is 125 Å². The Morgan fingerprint density at radius 1 is 1.38 bits per heavy atom. The Kier molecular flexibility index (Phi) is 3.04. The summed E-state index contributed by atoms with van der Waals surface area (Å²) >= 11 is 5.84. The van der Waals surface area contributed by atoms with Crippen molar-refractivity contribution in [1.29, 1.82) is 5.26 Å². The largest absolute Gasteiger partial charge is 0.369 e. The van der Waals surface area contributed by atoms with E-state index in [1.165, 1.54) is 12.1 Å². The Hall–Kier alpha value is -2.58. The highest BCUT2D eigenvalue weighted by atomic mass is 35.5. The molecule has 0 aliphatic heterocycles. The number of halogens is 2. The van der Waals surface area contributed by atoms with E-state index in [0.717, 1.165) is 5.56 Å². The van der Waals surface area contributed by atoms with E-state index in [1.807, 2.05) is 19.1 Å². The maximum absolute atomic E-state index is 13.5. The third kappa shape index (κ3) is 2.01. The molecule has 0 aliphatic carbocycles. The molecule has 0 unspecified atom stereocenters. The first-order chi connectivity index (χ1) is 10.0. The topological polar surface area (TPSA) is 67.6 Å². The highest BCUT2D eigenvalue weighted by Crippen LogP contribution is 2.29. The number of aryl methyl sites for hydroxylation is 1. The monoisotopic (exact) mass is 300 g/mol. The van der Waals surface area contributed by atoms with Gasteiger partial charge in [0.2, 0.25) is 5.95 Å². The number of nitriles is 1. The normalized spacial score (nSPS) is 10.8. The summed E-state index contributed by atoms with van der Waals surface area (Å²) in [4.78, 5) is 4.13. The van der Waals surface area contributed by atoms with Crippen LogP contribution in [0.15, 0.2) is 30.3 Å². The molecule has 2 aromatic carbocycles. The minimum atomic E-state index is -0.557. The second-order valence-electron chi connectivity index (χ2n) is 4.64. The second kappa shape index (κ2) is 4.76. The zero-order valence-corrected chi connectivity index (χ0v) is 11.8.